The lowest BCUT2D eigenvalue weighted by Gasteiger charge is -2.30. The van der Waals surface area contributed by atoms with Crippen LogP contribution in [0.25, 0.3) is 0 Å². The van der Waals surface area contributed by atoms with Crippen molar-refractivity contribution >= 4 is 23.6 Å². The number of aromatic hydroxyl groups is 1. The number of amides is 4. The van der Waals surface area contributed by atoms with Gasteiger partial charge in [-0.05, 0) is 48.1 Å². The first-order valence-electron chi connectivity index (χ1n) is 15.2. The molecule has 4 atom stereocenters. The van der Waals surface area contributed by atoms with E-state index < -0.39 is 41.9 Å². The summed E-state index contributed by atoms with van der Waals surface area (Å²) in [6, 6.07) is 21.7. The van der Waals surface area contributed by atoms with Gasteiger partial charge in [0.2, 0.25) is 23.6 Å². The number of carbonyl (C=O) groups excluding carboxylic acids is 4. The number of nitrogens with one attached hydrogen (secondary N) is 3. The number of rotatable bonds is 15. The van der Waals surface area contributed by atoms with Gasteiger partial charge in [-0.3, -0.25) is 19.2 Å². The summed E-state index contributed by atoms with van der Waals surface area (Å²) in [6.07, 6.45) is 3.48. The van der Waals surface area contributed by atoms with Crippen molar-refractivity contribution in [2.45, 2.75) is 56.3 Å². The lowest BCUT2D eigenvalue weighted by atomic mass is 10.0. The fourth-order valence-electron chi connectivity index (χ4n) is 5.52. The molecule has 0 aliphatic carbocycles. The predicted octanol–water partition coefficient (Wildman–Crippen LogP) is 2.01. The third-order valence-electron chi connectivity index (χ3n) is 7.88. The van der Waals surface area contributed by atoms with Gasteiger partial charge in [-0.15, -0.1) is 6.58 Å². The lowest BCUT2D eigenvalue weighted by molar-refractivity contribution is -0.141. The fourth-order valence-corrected chi connectivity index (χ4v) is 5.52. The maximum Gasteiger partial charge on any atom is 0.243 e. The van der Waals surface area contributed by atoms with E-state index in [2.05, 4.69) is 22.5 Å². The first-order chi connectivity index (χ1) is 21.7. The highest BCUT2D eigenvalue weighted by molar-refractivity contribution is 5.95. The molecule has 10 nitrogen and oxygen atoms in total. The lowest BCUT2D eigenvalue weighted by Crippen LogP contribution is -2.58. The molecule has 236 valence electrons. The number of benzene rings is 3. The number of hydrogen-bond donors (Lipinski definition) is 5. The predicted molar refractivity (Wildman–Crippen MR) is 172 cm³/mol. The molecular weight excluding hydrogens is 570 g/mol. The number of phenolic OH excluding ortho intramolecular Hbond substituents is 1. The van der Waals surface area contributed by atoms with Gasteiger partial charge >= 0.3 is 0 Å². The fraction of sp³-hybridized carbons (Fsp3) is 0.314. The first-order valence-corrected chi connectivity index (χ1v) is 15.2. The van der Waals surface area contributed by atoms with Crippen LogP contribution >= 0.6 is 0 Å². The van der Waals surface area contributed by atoms with Crippen molar-refractivity contribution in [2.24, 2.45) is 5.73 Å². The van der Waals surface area contributed by atoms with Gasteiger partial charge in [0, 0.05) is 25.9 Å². The number of nitrogens with zero attached hydrogens (tertiary/aromatic N) is 1. The van der Waals surface area contributed by atoms with Gasteiger partial charge < -0.3 is 31.7 Å². The largest absolute Gasteiger partial charge is 0.508 e. The molecule has 0 aromatic heterocycles. The monoisotopic (exact) mass is 611 g/mol. The summed E-state index contributed by atoms with van der Waals surface area (Å²) in [6.45, 7) is 4.53. The van der Waals surface area contributed by atoms with Crippen LogP contribution in [0, 0.1) is 0 Å². The Morgan fingerprint density at radius 3 is 1.96 bits per heavy atom. The molecule has 3 aromatic rings. The van der Waals surface area contributed by atoms with Crippen LogP contribution in [-0.2, 0) is 38.4 Å². The molecule has 1 saturated heterocycles. The Hall–Kier alpha value is -4.96. The summed E-state index contributed by atoms with van der Waals surface area (Å²) in [5, 5.41) is 18.5. The van der Waals surface area contributed by atoms with E-state index >= 15 is 0 Å². The van der Waals surface area contributed by atoms with E-state index in [4.69, 9.17) is 5.73 Å². The first kappa shape index (κ1) is 32.9. The number of hydrogen-bond acceptors (Lipinski definition) is 6. The Morgan fingerprint density at radius 1 is 0.822 bits per heavy atom. The normalized spacial score (nSPS) is 16.3. The topological polar surface area (TPSA) is 154 Å². The number of phenols is 1. The number of primary amides is 1. The number of likely N-dealkylation sites (tertiary alicyclic amines) is 1. The minimum absolute atomic E-state index is 0.133. The average Bonchev–Trinajstić information content (AvgIpc) is 3.54. The molecule has 0 spiro atoms. The Morgan fingerprint density at radius 2 is 1.38 bits per heavy atom. The smallest absolute Gasteiger partial charge is 0.243 e. The molecule has 0 radical (unpaired) electrons. The Balaban J connectivity index is 1.50. The van der Waals surface area contributed by atoms with Crippen molar-refractivity contribution in [3.8, 4) is 5.75 Å². The van der Waals surface area contributed by atoms with Crippen molar-refractivity contribution in [3.05, 3.63) is 114 Å². The molecule has 3 aromatic carbocycles. The summed E-state index contributed by atoms with van der Waals surface area (Å²) < 4.78 is 0. The molecule has 1 heterocycles. The molecule has 0 bridgehead atoms. The second-order valence-corrected chi connectivity index (χ2v) is 11.2. The molecule has 0 saturated carbocycles. The van der Waals surface area contributed by atoms with Gasteiger partial charge in [0.1, 0.15) is 23.9 Å². The van der Waals surface area contributed by atoms with Crippen LogP contribution < -0.4 is 21.7 Å². The van der Waals surface area contributed by atoms with Crippen LogP contribution in [-0.4, -0.2) is 70.9 Å². The van der Waals surface area contributed by atoms with Crippen LogP contribution in [0.4, 0.5) is 0 Å². The Bertz CT molecular complexity index is 1450. The standard InChI is InChI=1S/C35H41N5O5/c1-2-19-37-30(23-26-15-17-27(41)18-16-26)35(45)40-20-9-14-31(40)34(44)39-29(22-25-12-7-4-8-13-25)33(43)38-28(32(36)42)21-24-10-5-3-6-11-24/h2-8,10-13,15-18,28-31,37,41H,1,9,14,19-23H2,(H2,36,42)(H,38,43)(H,39,44)/t28-,29-,30-,31-/m0/s1. The van der Waals surface area contributed by atoms with Crippen molar-refractivity contribution in [3.63, 3.8) is 0 Å². The molecule has 1 aliphatic rings. The molecule has 4 rings (SSSR count). The quantitative estimate of drug-likeness (QED) is 0.166. The molecule has 45 heavy (non-hydrogen) atoms. The Kier molecular flexibility index (Phi) is 11.9. The van der Waals surface area contributed by atoms with E-state index in [-0.39, 0.29) is 24.5 Å². The van der Waals surface area contributed by atoms with E-state index in [0.717, 1.165) is 16.7 Å². The van der Waals surface area contributed by atoms with E-state index in [1.54, 1.807) is 35.2 Å². The second kappa shape index (κ2) is 16.2. The zero-order chi connectivity index (χ0) is 32.2. The molecule has 4 amide bonds. The van der Waals surface area contributed by atoms with Crippen molar-refractivity contribution in [1.29, 1.82) is 0 Å². The average molecular weight is 612 g/mol. The van der Waals surface area contributed by atoms with E-state index in [1.807, 2.05) is 60.7 Å². The summed E-state index contributed by atoms with van der Waals surface area (Å²) in [4.78, 5) is 55.1. The minimum atomic E-state index is -1.01. The van der Waals surface area contributed by atoms with Crippen molar-refractivity contribution < 1.29 is 24.3 Å². The number of nitrogens with two attached hydrogens (primary N) is 1. The highest BCUT2D eigenvalue weighted by Crippen LogP contribution is 2.21. The maximum absolute atomic E-state index is 13.8. The van der Waals surface area contributed by atoms with Gasteiger partial charge in [0.15, 0.2) is 0 Å². The van der Waals surface area contributed by atoms with Gasteiger partial charge in [-0.25, -0.2) is 0 Å². The molecule has 6 N–H and O–H groups in total. The van der Waals surface area contributed by atoms with Gasteiger partial charge in [-0.2, -0.15) is 0 Å². The third kappa shape index (κ3) is 9.51. The van der Waals surface area contributed by atoms with Crippen LogP contribution in [0.2, 0.25) is 0 Å². The number of carbonyl (C=O) groups is 4. The van der Waals surface area contributed by atoms with Crippen LogP contribution in [0.5, 0.6) is 5.75 Å². The molecule has 1 fully saturated rings. The summed E-state index contributed by atoms with van der Waals surface area (Å²) >= 11 is 0. The van der Waals surface area contributed by atoms with Crippen LogP contribution in [0.1, 0.15) is 29.5 Å². The highest BCUT2D eigenvalue weighted by atomic mass is 16.3. The zero-order valence-electron chi connectivity index (χ0n) is 25.2. The minimum Gasteiger partial charge on any atom is -0.508 e. The van der Waals surface area contributed by atoms with Crippen molar-refractivity contribution in [2.75, 3.05) is 13.1 Å². The summed E-state index contributed by atoms with van der Waals surface area (Å²) in [7, 11) is 0. The van der Waals surface area contributed by atoms with Gasteiger partial charge in [0.25, 0.3) is 0 Å². The SMILES string of the molecule is C=CCN[C@@H](Cc1ccc(O)cc1)C(=O)N1CCC[C@H]1C(=O)N[C@@H](Cc1ccccc1)C(=O)N[C@@H](Cc1ccccc1)C(N)=O. The molecule has 0 unspecified atom stereocenters. The van der Waals surface area contributed by atoms with E-state index in [0.29, 0.717) is 32.4 Å². The second-order valence-electron chi connectivity index (χ2n) is 11.2. The van der Waals surface area contributed by atoms with Gasteiger partial charge in [-0.1, -0.05) is 78.9 Å². The third-order valence-corrected chi connectivity index (χ3v) is 7.88. The van der Waals surface area contributed by atoms with E-state index in [9.17, 15) is 24.3 Å². The molecular formula is C35H41N5O5. The maximum atomic E-state index is 13.8. The Labute approximate surface area is 263 Å². The van der Waals surface area contributed by atoms with Crippen LogP contribution in [0.15, 0.2) is 97.6 Å². The zero-order valence-corrected chi connectivity index (χ0v) is 25.2. The van der Waals surface area contributed by atoms with E-state index in [1.165, 1.54) is 0 Å². The molecule has 1 aliphatic heterocycles. The van der Waals surface area contributed by atoms with Crippen molar-refractivity contribution in [1.82, 2.24) is 20.9 Å². The molecule has 10 heteroatoms. The van der Waals surface area contributed by atoms with Crippen LogP contribution in [0.3, 0.4) is 0 Å². The summed E-state index contributed by atoms with van der Waals surface area (Å²) in [5.41, 5.74) is 8.15. The van der Waals surface area contributed by atoms with Gasteiger partial charge in [0.05, 0.1) is 6.04 Å². The summed E-state index contributed by atoms with van der Waals surface area (Å²) in [5.74, 6) is -1.77. The highest BCUT2D eigenvalue weighted by Gasteiger charge is 2.38.